The number of aromatic nitrogens is 3. The molecule has 1 amide bonds. The molecule has 2 aromatic rings. The fourth-order valence-electron chi connectivity index (χ4n) is 2.84. The summed E-state index contributed by atoms with van der Waals surface area (Å²) in [6.45, 7) is 0.574. The number of imidazole rings is 1. The van der Waals surface area contributed by atoms with Gasteiger partial charge in [-0.15, -0.1) is 0 Å². The maximum atomic E-state index is 12.8. The molecule has 1 aliphatic heterocycles. The van der Waals surface area contributed by atoms with Crippen LogP contribution in [-0.2, 0) is 14.6 Å². The number of sulfone groups is 1. The number of pyridine rings is 1. The Morgan fingerprint density at radius 1 is 1.42 bits per heavy atom. The molecule has 130 valence electrons. The number of hydrogen-bond donors (Lipinski definition) is 2. The largest absolute Gasteiger partial charge is 0.383 e. The van der Waals surface area contributed by atoms with Gasteiger partial charge < -0.3 is 14.6 Å². The van der Waals surface area contributed by atoms with Gasteiger partial charge in [-0.25, -0.2) is 18.2 Å². The minimum absolute atomic E-state index is 0.0499. The first-order valence-electron chi connectivity index (χ1n) is 7.49. The highest BCUT2D eigenvalue weighted by atomic mass is 32.2. The van der Waals surface area contributed by atoms with E-state index in [-0.39, 0.29) is 41.3 Å². The van der Waals surface area contributed by atoms with E-state index in [1.54, 1.807) is 6.07 Å². The second-order valence-corrected chi connectivity index (χ2v) is 7.95. The van der Waals surface area contributed by atoms with E-state index >= 15 is 0 Å². The standard InChI is InChI=1S/C14H18N4O5S/c1-23-6-5-18(9-4-7-24(21,22)8-9)13(19)11-3-2-10-12(15-11)17-14(20)16-10/h2-3,9H,4-8H2,1H3,(H2,15,16,17,20). The van der Waals surface area contributed by atoms with Crippen LogP contribution in [0.1, 0.15) is 16.9 Å². The second kappa shape index (κ2) is 6.36. The first-order chi connectivity index (χ1) is 11.4. The molecule has 1 atom stereocenters. The lowest BCUT2D eigenvalue weighted by atomic mass is 10.2. The molecule has 10 heteroatoms. The Hall–Kier alpha value is -2.20. The zero-order valence-corrected chi connectivity index (χ0v) is 13.9. The first-order valence-corrected chi connectivity index (χ1v) is 9.31. The highest BCUT2D eigenvalue weighted by molar-refractivity contribution is 7.91. The van der Waals surface area contributed by atoms with Gasteiger partial charge in [0.25, 0.3) is 5.91 Å². The molecule has 1 aliphatic rings. The van der Waals surface area contributed by atoms with E-state index in [0.29, 0.717) is 18.5 Å². The summed E-state index contributed by atoms with van der Waals surface area (Å²) in [6.07, 6.45) is 0.404. The van der Waals surface area contributed by atoms with Crippen LogP contribution in [0.2, 0.25) is 0 Å². The molecule has 1 fully saturated rings. The van der Waals surface area contributed by atoms with Gasteiger partial charge in [-0.2, -0.15) is 0 Å². The number of carbonyl (C=O) groups is 1. The van der Waals surface area contributed by atoms with Crippen molar-refractivity contribution in [3.63, 3.8) is 0 Å². The Morgan fingerprint density at radius 2 is 2.21 bits per heavy atom. The summed E-state index contributed by atoms with van der Waals surface area (Å²) in [6, 6.07) is 2.71. The van der Waals surface area contributed by atoms with Crippen LogP contribution in [0.25, 0.3) is 11.2 Å². The van der Waals surface area contributed by atoms with Crippen LogP contribution in [0, 0.1) is 0 Å². The molecule has 9 nitrogen and oxygen atoms in total. The van der Waals surface area contributed by atoms with Crippen LogP contribution >= 0.6 is 0 Å². The van der Waals surface area contributed by atoms with Gasteiger partial charge in [0.1, 0.15) is 5.69 Å². The molecule has 1 saturated heterocycles. The Bertz CT molecular complexity index is 917. The van der Waals surface area contributed by atoms with Crippen molar-refractivity contribution in [1.82, 2.24) is 19.9 Å². The van der Waals surface area contributed by atoms with E-state index in [2.05, 4.69) is 15.0 Å². The van der Waals surface area contributed by atoms with Gasteiger partial charge in [0.15, 0.2) is 15.5 Å². The molecule has 0 radical (unpaired) electrons. The van der Waals surface area contributed by atoms with E-state index in [1.807, 2.05) is 0 Å². The van der Waals surface area contributed by atoms with E-state index in [4.69, 9.17) is 4.74 Å². The van der Waals surface area contributed by atoms with E-state index in [0.717, 1.165) is 0 Å². The zero-order chi connectivity index (χ0) is 17.3. The summed E-state index contributed by atoms with van der Waals surface area (Å²) >= 11 is 0. The summed E-state index contributed by atoms with van der Waals surface area (Å²) in [7, 11) is -1.60. The van der Waals surface area contributed by atoms with E-state index < -0.39 is 15.5 Å². The first kappa shape index (κ1) is 16.7. The molecule has 0 aliphatic carbocycles. The summed E-state index contributed by atoms with van der Waals surface area (Å²) in [5.41, 5.74) is 0.540. The van der Waals surface area contributed by atoms with Crippen molar-refractivity contribution in [2.24, 2.45) is 0 Å². The van der Waals surface area contributed by atoms with Crippen molar-refractivity contribution in [1.29, 1.82) is 0 Å². The van der Waals surface area contributed by atoms with Crippen molar-refractivity contribution in [2.45, 2.75) is 12.5 Å². The van der Waals surface area contributed by atoms with Crippen LogP contribution in [0.4, 0.5) is 0 Å². The maximum absolute atomic E-state index is 12.8. The Labute approximate surface area is 137 Å². The van der Waals surface area contributed by atoms with Gasteiger partial charge in [-0.05, 0) is 18.6 Å². The summed E-state index contributed by atoms with van der Waals surface area (Å²) in [5, 5.41) is 0. The second-order valence-electron chi connectivity index (χ2n) is 5.72. The van der Waals surface area contributed by atoms with Crippen LogP contribution in [-0.4, -0.2) is 72.0 Å². The molecule has 3 heterocycles. The molecule has 0 saturated carbocycles. The van der Waals surface area contributed by atoms with Crippen LogP contribution in [0.3, 0.4) is 0 Å². The molecule has 2 aromatic heterocycles. The number of rotatable bonds is 5. The highest BCUT2D eigenvalue weighted by Crippen LogP contribution is 2.20. The van der Waals surface area contributed by atoms with Crippen molar-refractivity contribution in [2.75, 3.05) is 31.8 Å². The summed E-state index contributed by atoms with van der Waals surface area (Å²) < 4.78 is 28.5. The Kier molecular flexibility index (Phi) is 4.41. The summed E-state index contributed by atoms with van der Waals surface area (Å²) in [5.74, 6) is -0.351. The molecule has 0 bridgehead atoms. The van der Waals surface area contributed by atoms with Crippen LogP contribution < -0.4 is 5.69 Å². The molecule has 3 rings (SSSR count). The number of fused-ring (bicyclic) bond motifs is 1. The predicted octanol–water partition coefficient (Wildman–Crippen LogP) is -0.473. The quantitative estimate of drug-likeness (QED) is 0.747. The van der Waals surface area contributed by atoms with Crippen molar-refractivity contribution in [3.8, 4) is 0 Å². The third-order valence-corrected chi connectivity index (χ3v) is 5.79. The van der Waals surface area contributed by atoms with Gasteiger partial charge in [0.2, 0.25) is 0 Å². The summed E-state index contributed by atoms with van der Waals surface area (Å²) in [4.78, 5) is 34.8. The topological polar surface area (TPSA) is 125 Å². The van der Waals surface area contributed by atoms with Gasteiger partial charge >= 0.3 is 5.69 Å². The lowest BCUT2D eigenvalue weighted by Gasteiger charge is -2.27. The number of amides is 1. The SMILES string of the molecule is COCCN(C(=O)c1ccc2[nH]c(=O)[nH]c2n1)C1CCS(=O)(=O)C1. The fraction of sp³-hybridized carbons (Fsp3) is 0.500. The Morgan fingerprint density at radius 3 is 2.88 bits per heavy atom. The third kappa shape index (κ3) is 3.34. The van der Waals surface area contributed by atoms with Gasteiger partial charge in [0, 0.05) is 19.7 Å². The van der Waals surface area contributed by atoms with Gasteiger partial charge in [-0.1, -0.05) is 0 Å². The van der Waals surface area contributed by atoms with Crippen LogP contribution in [0.5, 0.6) is 0 Å². The monoisotopic (exact) mass is 354 g/mol. The average molecular weight is 354 g/mol. The van der Waals surface area contributed by atoms with E-state index in [1.165, 1.54) is 18.1 Å². The molecule has 0 aromatic carbocycles. The van der Waals surface area contributed by atoms with E-state index in [9.17, 15) is 18.0 Å². The zero-order valence-electron chi connectivity index (χ0n) is 13.1. The average Bonchev–Trinajstić information content (AvgIpc) is 3.07. The van der Waals surface area contributed by atoms with Crippen LogP contribution in [0.15, 0.2) is 16.9 Å². The number of methoxy groups -OCH3 is 1. The van der Waals surface area contributed by atoms with Gasteiger partial charge in [-0.3, -0.25) is 9.78 Å². The molecular weight excluding hydrogens is 336 g/mol. The fourth-order valence-corrected chi connectivity index (χ4v) is 4.57. The highest BCUT2D eigenvalue weighted by Gasteiger charge is 2.35. The number of aromatic amines is 2. The van der Waals surface area contributed by atoms with Crippen molar-refractivity contribution in [3.05, 3.63) is 28.3 Å². The molecule has 2 N–H and O–H groups in total. The number of nitrogens with zero attached hydrogens (tertiary/aromatic N) is 2. The van der Waals surface area contributed by atoms with Crippen molar-refractivity contribution >= 4 is 26.9 Å². The smallest absolute Gasteiger partial charge is 0.325 e. The predicted molar refractivity (Wildman–Crippen MR) is 86.7 cm³/mol. The normalized spacial score (nSPS) is 19.6. The minimum Gasteiger partial charge on any atom is -0.383 e. The number of ether oxygens (including phenoxy) is 1. The molecule has 1 unspecified atom stereocenters. The number of hydrogen-bond acceptors (Lipinski definition) is 6. The third-order valence-electron chi connectivity index (χ3n) is 4.04. The molecule has 24 heavy (non-hydrogen) atoms. The molecular formula is C14H18N4O5S. The maximum Gasteiger partial charge on any atom is 0.325 e. The van der Waals surface area contributed by atoms with Gasteiger partial charge in [0.05, 0.1) is 23.6 Å². The lowest BCUT2D eigenvalue weighted by molar-refractivity contribution is 0.0619. The Balaban J connectivity index is 1.90. The van der Waals surface area contributed by atoms with Crippen molar-refractivity contribution < 1.29 is 17.9 Å². The lowest BCUT2D eigenvalue weighted by Crippen LogP contribution is -2.43. The molecule has 0 spiro atoms. The number of carbonyl (C=O) groups excluding carboxylic acids is 1. The number of H-pyrrole nitrogens is 2. The minimum atomic E-state index is -3.12. The number of nitrogens with one attached hydrogen (secondary N) is 2.